The summed E-state index contributed by atoms with van der Waals surface area (Å²) < 4.78 is 34.9. The third-order valence-corrected chi connectivity index (χ3v) is 7.16. The smallest absolute Gasteiger partial charge is 0.261 e. The molecule has 0 amide bonds. The Morgan fingerprint density at radius 3 is 2.47 bits per heavy atom. The molecule has 0 N–H and O–H groups in total. The summed E-state index contributed by atoms with van der Waals surface area (Å²) in [5.41, 5.74) is 0.314. The number of para-hydroxylation sites is 1. The Hall–Kier alpha value is -2.26. The van der Waals surface area contributed by atoms with Gasteiger partial charge in [0.1, 0.15) is 5.82 Å². The van der Waals surface area contributed by atoms with Crippen molar-refractivity contribution in [3.05, 3.63) is 69.7 Å². The molecular weight excluding hydrogens is 426 g/mol. The minimum absolute atomic E-state index is 0.114. The van der Waals surface area contributed by atoms with Crippen LogP contribution >= 0.6 is 11.6 Å². The summed E-state index contributed by atoms with van der Waals surface area (Å²) in [6.07, 6.45) is 0.426. The van der Waals surface area contributed by atoms with Crippen LogP contribution in [0.4, 0.5) is 0 Å². The quantitative estimate of drug-likeness (QED) is 0.526. The number of hydrogen-bond acceptors (Lipinski definition) is 5. The van der Waals surface area contributed by atoms with E-state index in [1.54, 1.807) is 31.3 Å². The number of aromatic nitrogens is 2. The van der Waals surface area contributed by atoms with Crippen LogP contribution in [0.25, 0.3) is 10.9 Å². The summed E-state index contributed by atoms with van der Waals surface area (Å²) in [6.45, 7) is 2.18. The number of ether oxygens (including phenoxy) is 1. The second kappa shape index (κ2) is 9.26. The van der Waals surface area contributed by atoms with Crippen molar-refractivity contribution < 1.29 is 13.2 Å². The van der Waals surface area contributed by atoms with E-state index in [1.807, 2.05) is 6.92 Å². The molecule has 3 rings (SSSR count). The second-order valence-electron chi connectivity index (χ2n) is 6.84. The fourth-order valence-electron chi connectivity index (χ4n) is 3.41. The van der Waals surface area contributed by atoms with Crippen molar-refractivity contribution in [2.45, 2.75) is 24.3 Å². The molecule has 30 heavy (non-hydrogen) atoms. The van der Waals surface area contributed by atoms with Crippen LogP contribution in [0.15, 0.2) is 58.2 Å². The molecule has 0 aliphatic rings. The van der Waals surface area contributed by atoms with E-state index in [-0.39, 0.29) is 23.6 Å². The van der Waals surface area contributed by atoms with E-state index < -0.39 is 16.1 Å². The van der Waals surface area contributed by atoms with E-state index in [0.29, 0.717) is 28.2 Å². The van der Waals surface area contributed by atoms with Gasteiger partial charge in [-0.25, -0.2) is 13.4 Å². The van der Waals surface area contributed by atoms with Crippen LogP contribution < -0.4 is 5.56 Å². The number of hydrogen-bond donors (Lipinski definition) is 0. The fourth-order valence-corrected chi connectivity index (χ4v) is 5.18. The summed E-state index contributed by atoms with van der Waals surface area (Å²) >= 11 is 5.93. The lowest BCUT2D eigenvalue weighted by atomic mass is 10.1. The molecule has 0 radical (unpaired) electrons. The first-order valence-corrected chi connectivity index (χ1v) is 11.3. The van der Waals surface area contributed by atoms with Crippen molar-refractivity contribution in [2.24, 2.45) is 7.05 Å². The van der Waals surface area contributed by atoms with Crippen molar-refractivity contribution in [2.75, 3.05) is 20.3 Å². The maximum atomic E-state index is 13.5. The van der Waals surface area contributed by atoms with Crippen LogP contribution in [0.5, 0.6) is 0 Å². The van der Waals surface area contributed by atoms with Crippen LogP contribution in [0, 0.1) is 0 Å². The lowest BCUT2D eigenvalue weighted by Crippen LogP contribution is -2.40. The van der Waals surface area contributed by atoms with Gasteiger partial charge >= 0.3 is 0 Å². The van der Waals surface area contributed by atoms with Crippen molar-refractivity contribution in [3.8, 4) is 0 Å². The Morgan fingerprint density at radius 2 is 1.83 bits per heavy atom. The maximum absolute atomic E-state index is 13.5. The van der Waals surface area contributed by atoms with Crippen LogP contribution in [-0.2, 0) is 21.8 Å². The molecule has 3 aromatic rings. The molecule has 9 heteroatoms. The molecular formula is C21H24ClN3O4S. The molecule has 7 nitrogen and oxygen atoms in total. The van der Waals surface area contributed by atoms with Gasteiger partial charge in [0, 0.05) is 25.7 Å². The molecule has 0 fully saturated rings. The summed E-state index contributed by atoms with van der Waals surface area (Å²) in [4.78, 5) is 17.6. The normalized spacial score (nSPS) is 13.1. The molecule has 0 aliphatic carbocycles. The van der Waals surface area contributed by atoms with E-state index in [9.17, 15) is 13.2 Å². The number of fused-ring (bicyclic) bond motifs is 1. The van der Waals surface area contributed by atoms with E-state index >= 15 is 0 Å². The zero-order chi connectivity index (χ0) is 21.9. The van der Waals surface area contributed by atoms with Gasteiger partial charge in [0.25, 0.3) is 5.56 Å². The lowest BCUT2D eigenvalue weighted by Gasteiger charge is -2.30. The highest BCUT2D eigenvalue weighted by Gasteiger charge is 2.34. The molecule has 0 bridgehead atoms. The molecule has 160 valence electrons. The van der Waals surface area contributed by atoms with E-state index in [2.05, 4.69) is 4.98 Å². The molecule has 0 aliphatic heterocycles. The zero-order valence-corrected chi connectivity index (χ0v) is 18.7. The monoisotopic (exact) mass is 449 g/mol. The first-order chi connectivity index (χ1) is 14.3. The first-order valence-electron chi connectivity index (χ1n) is 9.53. The molecule has 0 saturated carbocycles. The van der Waals surface area contributed by atoms with Gasteiger partial charge in [0.15, 0.2) is 0 Å². The SMILES string of the molecule is CCC(c1nc2ccccc2c(=O)n1C)N(CCOC)S(=O)(=O)c1ccc(Cl)cc1. The standard InChI is InChI=1S/C21H24ClN3O4S/c1-4-19(20-23-18-8-6-5-7-17(18)21(26)24(20)2)25(13-14-29-3)30(27,28)16-11-9-15(22)10-12-16/h5-12,19H,4,13-14H2,1-3H3. The number of halogens is 1. The zero-order valence-electron chi connectivity index (χ0n) is 17.1. The second-order valence-corrected chi connectivity index (χ2v) is 9.16. The predicted octanol–water partition coefficient (Wildman–Crippen LogP) is 3.38. The molecule has 0 saturated heterocycles. The van der Waals surface area contributed by atoms with Crippen LogP contribution in [0.3, 0.4) is 0 Å². The molecule has 1 atom stereocenters. The average molecular weight is 450 g/mol. The van der Waals surface area contributed by atoms with Gasteiger partial charge in [-0.2, -0.15) is 4.31 Å². The van der Waals surface area contributed by atoms with Gasteiger partial charge in [-0.05, 0) is 42.8 Å². The molecule has 1 heterocycles. The van der Waals surface area contributed by atoms with Gasteiger partial charge in [0.2, 0.25) is 10.0 Å². The fraction of sp³-hybridized carbons (Fsp3) is 0.333. The van der Waals surface area contributed by atoms with Gasteiger partial charge in [-0.1, -0.05) is 30.7 Å². The summed E-state index contributed by atoms with van der Waals surface area (Å²) in [7, 11) is -0.767. The summed E-state index contributed by atoms with van der Waals surface area (Å²) in [5, 5.41) is 0.936. The third-order valence-electron chi connectivity index (χ3n) is 4.99. The van der Waals surface area contributed by atoms with Crippen molar-refractivity contribution in [1.29, 1.82) is 0 Å². The van der Waals surface area contributed by atoms with Gasteiger partial charge in [-0.3, -0.25) is 9.36 Å². The Kier molecular flexibility index (Phi) is 6.92. The van der Waals surface area contributed by atoms with Crippen LogP contribution in [-0.4, -0.2) is 42.5 Å². The Labute approximate surface area is 180 Å². The highest BCUT2D eigenvalue weighted by molar-refractivity contribution is 7.89. The Morgan fingerprint density at radius 1 is 1.17 bits per heavy atom. The van der Waals surface area contributed by atoms with E-state index in [1.165, 1.54) is 40.2 Å². The largest absolute Gasteiger partial charge is 0.383 e. The lowest BCUT2D eigenvalue weighted by molar-refractivity contribution is 0.162. The van der Waals surface area contributed by atoms with Crippen LogP contribution in [0.2, 0.25) is 5.02 Å². The van der Waals surface area contributed by atoms with Gasteiger partial charge in [-0.15, -0.1) is 0 Å². The van der Waals surface area contributed by atoms with Crippen molar-refractivity contribution in [1.82, 2.24) is 13.9 Å². The Balaban J connectivity index is 2.17. The number of methoxy groups -OCH3 is 1. The maximum Gasteiger partial charge on any atom is 0.261 e. The predicted molar refractivity (Wildman–Crippen MR) is 117 cm³/mol. The number of benzene rings is 2. The summed E-state index contributed by atoms with van der Waals surface area (Å²) in [5.74, 6) is 0.384. The van der Waals surface area contributed by atoms with Gasteiger partial charge in [0.05, 0.1) is 28.4 Å². The molecule has 1 aromatic heterocycles. The van der Waals surface area contributed by atoms with Crippen molar-refractivity contribution >= 4 is 32.5 Å². The topological polar surface area (TPSA) is 81.5 Å². The number of nitrogens with zero attached hydrogens (tertiary/aromatic N) is 3. The minimum atomic E-state index is -3.89. The minimum Gasteiger partial charge on any atom is -0.383 e. The van der Waals surface area contributed by atoms with E-state index in [4.69, 9.17) is 16.3 Å². The summed E-state index contributed by atoms with van der Waals surface area (Å²) in [6, 6.07) is 12.4. The van der Waals surface area contributed by atoms with Crippen molar-refractivity contribution in [3.63, 3.8) is 0 Å². The molecule has 1 unspecified atom stereocenters. The average Bonchev–Trinajstić information content (AvgIpc) is 2.74. The third kappa shape index (κ3) is 4.27. The highest BCUT2D eigenvalue weighted by Crippen LogP contribution is 2.30. The molecule has 2 aromatic carbocycles. The number of rotatable bonds is 8. The Bertz CT molecular complexity index is 1190. The molecule has 0 spiro atoms. The van der Waals surface area contributed by atoms with Gasteiger partial charge < -0.3 is 4.74 Å². The highest BCUT2D eigenvalue weighted by atomic mass is 35.5. The number of sulfonamides is 1. The first kappa shape index (κ1) is 22.4. The van der Waals surface area contributed by atoms with Crippen LogP contribution in [0.1, 0.15) is 25.2 Å². The van der Waals surface area contributed by atoms with E-state index in [0.717, 1.165) is 0 Å².